The van der Waals surface area contributed by atoms with Gasteiger partial charge >= 0.3 is 0 Å². The second-order valence-electron chi connectivity index (χ2n) is 6.18. The van der Waals surface area contributed by atoms with Gasteiger partial charge in [-0.3, -0.25) is 0 Å². The van der Waals surface area contributed by atoms with Crippen LogP contribution in [0.4, 0.5) is 0 Å². The Morgan fingerprint density at radius 2 is 1.71 bits per heavy atom. The Kier molecular flexibility index (Phi) is 3.73. The molecule has 0 spiro atoms. The van der Waals surface area contributed by atoms with Gasteiger partial charge in [-0.15, -0.1) is 0 Å². The molecular weight excluding hydrogens is 258 g/mol. The summed E-state index contributed by atoms with van der Waals surface area (Å²) in [6, 6.07) is 12.5. The average molecular weight is 281 g/mol. The second-order valence-corrected chi connectivity index (χ2v) is 6.18. The molecule has 2 heteroatoms. The van der Waals surface area contributed by atoms with Crippen LogP contribution < -0.4 is 10.5 Å². The largest absolute Gasteiger partial charge is 0.490 e. The van der Waals surface area contributed by atoms with Gasteiger partial charge in [-0.1, -0.05) is 29.8 Å². The molecule has 21 heavy (non-hydrogen) atoms. The Morgan fingerprint density at radius 1 is 1.05 bits per heavy atom. The number of benzene rings is 2. The van der Waals surface area contributed by atoms with Crippen LogP contribution in [0.25, 0.3) is 0 Å². The van der Waals surface area contributed by atoms with Crippen LogP contribution in [0.15, 0.2) is 36.4 Å². The summed E-state index contributed by atoms with van der Waals surface area (Å²) in [6.07, 6.45) is 2.76. The highest BCUT2D eigenvalue weighted by Gasteiger charge is 2.24. The van der Waals surface area contributed by atoms with E-state index in [-0.39, 0.29) is 6.04 Å². The molecule has 0 heterocycles. The molecule has 1 saturated carbocycles. The van der Waals surface area contributed by atoms with Crippen molar-refractivity contribution in [1.29, 1.82) is 0 Å². The molecule has 2 aromatic carbocycles. The summed E-state index contributed by atoms with van der Waals surface area (Å²) in [5, 5.41) is 0. The minimum Gasteiger partial charge on any atom is -0.490 e. The zero-order chi connectivity index (χ0) is 15.0. The van der Waals surface area contributed by atoms with E-state index in [2.05, 4.69) is 45.0 Å². The normalized spacial score (nSPS) is 15.8. The average Bonchev–Trinajstić information content (AvgIpc) is 3.21. The molecule has 1 unspecified atom stereocenters. The van der Waals surface area contributed by atoms with Crippen LogP contribution >= 0.6 is 0 Å². The van der Waals surface area contributed by atoms with Crippen molar-refractivity contribution in [3.05, 3.63) is 64.2 Å². The maximum atomic E-state index is 6.53. The monoisotopic (exact) mass is 281 g/mol. The van der Waals surface area contributed by atoms with Crippen molar-refractivity contribution in [2.75, 3.05) is 0 Å². The molecule has 0 aliphatic heterocycles. The van der Waals surface area contributed by atoms with E-state index in [1.807, 2.05) is 12.1 Å². The van der Waals surface area contributed by atoms with Crippen LogP contribution in [-0.4, -0.2) is 6.10 Å². The first-order valence-electron chi connectivity index (χ1n) is 7.64. The lowest BCUT2D eigenvalue weighted by Gasteiger charge is -2.19. The quantitative estimate of drug-likeness (QED) is 0.911. The van der Waals surface area contributed by atoms with E-state index < -0.39 is 0 Å². The number of ether oxygens (including phenoxy) is 1. The molecule has 110 valence electrons. The number of aryl methyl sites for hydroxylation is 3. The van der Waals surface area contributed by atoms with Gasteiger partial charge in [-0.05, 0) is 68.0 Å². The molecule has 3 rings (SSSR count). The molecule has 0 saturated heterocycles. The molecule has 0 amide bonds. The van der Waals surface area contributed by atoms with Crippen molar-refractivity contribution >= 4 is 0 Å². The Labute approximate surface area is 126 Å². The number of rotatable bonds is 4. The number of hydrogen-bond donors (Lipinski definition) is 1. The topological polar surface area (TPSA) is 35.2 Å². The molecule has 1 atom stereocenters. The Morgan fingerprint density at radius 3 is 2.33 bits per heavy atom. The minimum atomic E-state index is -0.103. The lowest BCUT2D eigenvalue weighted by Crippen LogP contribution is -2.15. The standard InChI is InChI=1S/C19H23NO/c1-12-9-13(2)18(14(3)10-12)19(20)15-5-4-6-17(11-15)21-16-7-8-16/h4-6,9-11,16,19H,7-8,20H2,1-3H3. The first-order valence-corrected chi connectivity index (χ1v) is 7.64. The third-order valence-electron chi connectivity index (χ3n) is 4.09. The van der Waals surface area contributed by atoms with Crippen LogP contribution in [0.1, 0.15) is 46.7 Å². The Bertz CT molecular complexity index is 635. The summed E-state index contributed by atoms with van der Waals surface area (Å²) >= 11 is 0. The van der Waals surface area contributed by atoms with Crippen molar-refractivity contribution in [2.45, 2.75) is 45.8 Å². The fourth-order valence-corrected chi connectivity index (χ4v) is 3.01. The Hall–Kier alpha value is -1.80. The van der Waals surface area contributed by atoms with E-state index >= 15 is 0 Å². The first-order chi connectivity index (χ1) is 10.0. The fraction of sp³-hybridized carbons (Fsp3) is 0.368. The summed E-state index contributed by atoms with van der Waals surface area (Å²) in [4.78, 5) is 0. The minimum absolute atomic E-state index is 0.103. The second kappa shape index (κ2) is 5.53. The molecule has 1 aliphatic carbocycles. The van der Waals surface area contributed by atoms with Gasteiger partial charge in [0.25, 0.3) is 0 Å². The van der Waals surface area contributed by atoms with Crippen molar-refractivity contribution in [3.63, 3.8) is 0 Å². The van der Waals surface area contributed by atoms with E-state index in [4.69, 9.17) is 10.5 Å². The van der Waals surface area contributed by atoms with Gasteiger partial charge in [0, 0.05) is 0 Å². The van der Waals surface area contributed by atoms with Crippen molar-refractivity contribution in [1.82, 2.24) is 0 Å². The van der Waals surface area contributed by atoms with Gasteiger partial charge in [-0.2, -0.15) is 0 Å². The molecule has 2 N–H and O–H groups in total. The van der Waals surface area contributed by atoms with Gasteiger partial charge in [0.1, 0.15) is 5.75 Å². The fourth-order valence-electron chi connectivity index (χ4n) is 3.01. The van der Waals surface area contributed by atoms with E-state index in [0.29, 0.717) is 6.10 Å². The highest BCUT2D eigenvalue weighted by Crippen LogP contribution is 2.31. The Balaban J connectivity index is 1.92. The maximum absolute atomic E-state index is 6.53. The van der Waals surface area contributed by atoms with Crippen LogP contribution in [0.3, 0.4) is 0 Å². The summed E-state index contributed by atoms with van der Waals surface area (Å²) in [7, 11) is 0. The SMILES string of the molecule is Cc1cc(C)c(C(N)c2cccc(OC3CC3)c2)c(C)c1. The molecule has 2 aromatic rings. The van der Waals surface area contributed by atoms with Crippen LogP contribution in [0.5, 0.6) is 5.75 Å². The molecule has 0 aromatic heterocycles. The summed E-state index contributed by atoms with van der Waals surface area (Å²) in [5.41, 5.74) is 12.7. The molecule has 1 aliphatic rings. The van der Waals surface area contributed by atoms with E-state index in [0.717, 1.165) is 11.3 Å². The number of nitrogens with two attached hydrogens (primary N) is 1. The third kappa shape index (κ3) is 3.11. The molecular formula is C19H23NO. The van der Waals surface area contributed by atoms with E-state index in [1.54, 1.807) is 0 Å². The lowest BCUT2D eigenvalue weighted by molar-refractivity contribution is 0.303. The van der Waals surface area contributed by atoms with E-state index in [1.165, 1.54) is 35.1 Å². The van der Waals surface area contributed by atoms with Gasteiger partial charge in [0.15, 0.2) is 0 Å². The lowest BCUT2D eigenvalue weighted by atomic mass is 9.90. The van der Waals surface area contributed by atoms with Gasteiger partial charge in [-0.25, -0.2) is 0 Å². The van der Waals surface area contributed by atoms with Crippen molar-refractivity contribution in [3.8, 4) is 5.75 Å². The zero-order valence-electron chi connectivity index (χ0n) is 13.0. The molecule has 2 nitrogen and oxygen atoms in total. The van der Waals surface area contributed by atoms with Crippen LogP contribution in [0, 0.1) is 20.8 Å². The van der Waals surface area contributed by atoms with E-state index in [9.17, 15) is 0 Å². The van der Waals surface area contributed by atoms with Crippen LogP contribution in [-0.2, 0) is 0 Å². The molecule has 1 fully saturated rings. The first kappa shape index (κ1) is 14.2. The number of hydrogen-bond acceptors (Lipinski definition) is 2. The van der Waals surface area contributed by atoms with Crippen LogP contribution in [0.2, 0.25) is 0 Å². The smallest absolute Gasteiger partial charge is 0.120 e. The maximum Gasteiger partial charge on any atom is 0.120 e. The zero-order valence-corrected chi connectivity index (χ0v) is 13.0. The van der Waals surface area contributed by atoms with Gasteiger partial charge < -0.3 is 10.5 Å². The predicted molar refractivity (Wildman–Crippen MR) is 86.8 cm³/mol. The predicted octanol–water partition coefficient (Wildman–Crippen LogP) is 4.20. The highest BCUT2D eigenvalue weighted by atomic mass is 16.5. The summed E-state index contributed by atoms with van der Waals surface area (Å²) in [5.74, 6) is 0.938. The highest BCUT2D eigenvalue weighted by molar-refractivity contribution is 5.45. The van der Waals surface area contributed by atoms with Crippen molar-refractivity contribution < 1.29 is 4.74 Å². The van der Waals surface area contributed by atoms with Gasteiger partial charge in [0.05, 0.1) is 12.1 Å². The van der Waals surface area contributed by atoms with Gasteiger partial charge in [0.2, 0.25) is 0 Å². The molecule has 0 radical (unpaired) electrons. The summed E-state index contributed by atoms with van der Waals surface area (Å²) in [6.45, 7) is 6.40. The molecule has 0 bridgehead atoms. The van der Waals surface area contributed by atoms with Crippen molar-refractivity contribution in [2.24, 2.45) is 5.73 Å². The summed E-state index contributed by atoms with van der Waals surface area (Å²) < 4.78 is 5.88. The third-order valence-corrected chi connectivity index (χ3v) is 4.09.